The van der Waals surface area contributed by atoms with Crippen molar-refractivity contribution in [2.45, 2.75) is 25.9 Å². The van der Waals surface area contributed by atoms with Crippen LogP contribution < -0.4 is 5.32 Å². The van der Waals surface area contributed by atoms with E-state index < -0.39 is 0 Å². The minimum absolute atomic E-state index is 0.169. The number of aryl methyl sites for hydroxylation is 1. The van der Waals surface area contributed by atoms with Gasteiger partial charge in [-0.25, -0.2) is 4.98 Å². The van der Waals surface area contributed by atoms with E-state index >= 15 is 0 Å². The average molecular weight is 233 g/mol. The highest BCUT2D eigenvalue weighted by Gasteiger charge is 2.23. The molecule has 1 aromatic heterocycles. The summed E-state index contributed by atoms with van der Waals surface area (Å²) < 4.78 is 2.05. The summed E-state index contributed by atoms with van der Waals surface area (Å²) >= 11 is 0. The Morgan fingerprint density at radius 1 is 1.53 bits per heavy atom. The fraction of sp³-hybridized carbons (Fsp3) is 0.667. The molecule has 0 bridgehead atoms. The lowest BCUT2D eigenvalue weighted by Crippen LogP contribution is -2.32. The Labute approximate surface area is 102 Å². The molecule has 0 spiro atoms. The second kappa shape index (κ2) is 5.80. The lowest BCUT2D eigenvalue weighted by molar-refractivity contribution is 0.244. The van der Waals surface area contributed by atoms with Gasteiger partial charge in [-0.1, -0.05) is 0 Å². The van der Waals surface area contributed by atoms with Crippen LogP contribution in [-0.2, 0) is 6.54 Å². The molecule has 1 unspecified atom stereocenters. The zero-order chi connectivity index (χ0) is 12.1. The van der Waals surface area contributed by atoms with Crippen LogP contribution in [0.25, 0.3) is 0 Å². The summed E-state index contributed by atoms with van der Waals surface area (Å²) in [4.78, 5) is 6.39. The molecular weight excluding hydrogens is 214 g/mol. The third-order valence-corrected chi connectivity index (χ3v) is 3.23. The van der Waals surface area contributed by atoms with Gasteiger partial charge in [-0.15, -0.1) is 0 Å². The van der Waals surface area contributed by atoms with Crippen molar-refractivity contribution in [3.05, 3.63) is 18.2 Å². The van der Waals surface area contributed by atoms with E-state index in [1.54, 1.807) is 6.33 Å². The van der Waals surface area contributed by atoms with E-state index in [1.807, 2.05) is 10.8 Å². The first-order valence-corrected chi connectivity index (χ1v) is 6.21. The number of hydrogen-bond donors (Lipinski definition) is 1. The topological polar surface area (TPSA) is 56.9 Å². The van der Waals surface area contributed by atoms with E-state index in [0.29, 0.717) is 0 Å². The first-order valence-electron chi connectivity index (χ1n) is 6.21. The number of nitriles is 1. The van der Waals surface area contributed by atoms with Crippen molar-refractivity contribution in [2.24, 2.45) is 0 Å². The predicted molar refractivity (Wildman–Crippen MR) is 65.3 cm³/mol. The lowest BCUT2D eigenvalue weighted by Gasteiger charge is -2.25. The lowest BCUT2D eigenvalue weighted by atomic mass is 10.2. The summed E-state index contributed by atoms with van der Waals surface area (Å²) in [7, 11) is 0. The number of nitrogens with one attached hydrogen (secondary N) is 1. The van der Waals surface area contributed by atoms with E-state index in [-0.39, 0.29) is 6.04 Å². The van der Waals surface area contributed by atoms with Gasteiger partial charge in [0.2, 0.25) is 0 Å². The van der Waals surface area contributed by atoms with Crippen molar-refractivity contribution in [1.29, 1.82) is 5.26 Å². The van der Waals surface area contributed by atoms with Crippen LogP contribution in [0.2, 0.25) is 0 Å². The summed E-state index contributed by atoms with van der Waals surface area (Å²) in [6.45, 7) is 6.83. The van der Waals surface area contributed by atoms with Crippen molar-refractivity contribution >= 4 is 0 Å². The van der Waals surface area contributed by atoms with Crippen LogP contribution in [0, 0.1) is 11.3 Å². The van der Waals surface area contributed by atoms with Gasteiger partial charge in [-0.05, 0) is 19.9 Å². The largest absolute Gasteiger partial charge is 0.333 e. The normalized spacial score (nSPS) is 19.5. The van der Waals surface area contributed by atoms with Gasteiger partial charge in [0, 0.05) is 26.2 Å². The second-order valence-corrected chi connectivity index (χ2v) is 4.28. The van der Waals surface area contributed by atoms with Crippen molar-refractivity contribution in [2.75, 3.05) is 26.2 Å². The monoisotopic (exact) mass is 233 g/mol. The fourth-order valence-electron chi connectivity index (χ4n) is 2.28. The number of aromatic nitrogens is 2. The highest BCUT2D eigenvalue weighted by Crippen LogP contribution is 2.20. The maximum atomic E-state index is 9.41. The Morgan fingerprint density at radius 3 is 3.18 bits per heavy atom. The van der Waals surface area contributed by atoms with Gasteiger partial charge in [0.1, 0.15) is 6.04 Å². The Hall–Kier alpha value is -1.38. The first kappa shape index (κ1) is 12.1. The molecule has 1 aliphatic heterocycles. The summed E-state index contributed by atoms with van der Waals surface area (Å²) in [5, 5.41) is 12.8. The van der Waals surface area contributed by atoms with Crippen LogP contribution in [-0.4, -0.2) is 40.6 Å². The Bertz CT molecular complexity index is 384. The third-order valence-electron chi connectivity index (χ3n) is 3.23. The van der Waals surface area contributed by atoms with Crippen LogP contribution in [0.15, 0.2) is 12.5 Å². The molecular formula is C12H19N5. The molecule has 17 heavy (non-hydrogen) atoms. The summed E-state index contributed by atoms with van der Waals surface area (Å²) in [6.07, 6.45) is 4.71. The second-order valence-electron chi connectivity index (χ2n) is 4.28. The van der Waals surface area contributed by atoms with Gasteiger partial charge < -0.3 is 9.88 Å². The highest BCUT2D eigenvalue weighted by molar-refractivity contribution is 5.14. The molecule has 0 aliphatic carbocycles. The molecule has 1 atom stereocenters. The smallest absolute Gasteiger partial charge is 0.140 e. The molecule has 92 valence electrons. The van der Waals surface area contributed by atoms with Gasteiger partial charge in [0.25, 0.3) is 0 Å². The SMILES string of the molecule is CCn1cncc1C(C#N)N1CCCNCC1. The zero-order valence-corrected chi connectivity index (χ0v) is 10.3. The molecule has 1 N–H and O–H groups in total. The maximum Gasteiger partial charge on any atom is 0.140 e. The molecule has 0 radical (unpaired) electrons. The third kappa shape index (κ3) is 2.65. The molecule has 0 saturated carbocycles. The maximum absolute atomic E-state index is 9.41. The van der Waals surface area contributed by atoms with Gasteiger partial charge >= 0.3 is 0 Å². The summed E-state index contributed by atoms with van der Waals surface area (Å²) in [5.74, 6) is 0. The molecule has 1 aromatic rings. The van der Waals surface area contributed by atoms with Gasteiger partial charge in [-0.3, -0.25) is 4.90 Å². The quantitative estimate of drug-likeness (QED) is 0.837. The molecule has 2 rings (SSSR count). The Kier molecular flexibility index (Phi) is 4.13. The van der Waals surface area contributed by atoms with Crippen molar-refractivity contribution in [3.8, 4) is 6.07 Å². The van der Waals surface area contributed by atoms with Crippen molar-refractivity contribution in [3.63, 3.8) is 0 Å². The van der Waals surface area contributed by atoms with E-state index in [2.05, 4.69) is 28.2 Å². The average Bonchev–Trinajstić information content (AvgIpc) is 2.65. The molecule has 1 fully saturated rings. The zero-order valence-electron chi connectivity index (χ0n) is 10.3. The first-order chi connectivity index (χ1) is 8.36. The minimum atomic E-state index is -0.169. The molecule has 5 heteroatoms. The summed E-state index contributed by atoms with van der Waals surface area (Å²) in [5.41, 5.74) is 1.01. The number of nitrogens with zero attached hydrogens (tertiary/aromatic N) is 4. The molecule has 0 amide bonds. The van der Waals surface area contributed by atoms with Gasteiger partial charge in [0.15, 0.2) is 0 Å². The van der Waals surface area contributed by atoms with E-state index in [4.69, 9.17) is 0 Å². The molecule has 1 aliphatic rings. The van der Waals surface area contributed by atoms with Gasteiger partial charge in [0.05, 0.1) is 24.3 Å². The van der Waals surface area contributed by atoms with Crippen molar-refractivity contribution in [1.82, 2.24) is 19.8 Å². The molecule has 5 nitrogen and oxygen atoms in total. The predicted octanol–water partition coefficient (Wildman–Crippen LogP) is 0.763. The van der Waals surface area contributed by atoms with E-state index in [0.717, 1.165) is 44.8 Å². The summed E-state index contributed by atoms with van der Waals surface area (Å²) in [6, 6.07) is 2.24. The van der Waals surface area contributed by atoms with Crippen LogP contribution in [0.1, 0.15) is 25.1 Å². The van der Waals surface area contributed by atoms with E-state index in [1.165, 1.54) is 0 Å². The van der Waals surface area contributed by atoms with Gasteiger partial charge in [-0.2, -0.15) is 5.26 Å². The van der Waals surface area contributed by atoms with Crippen LogP contribution in [0.3, 0.4) is 0 Å². The molecule has 2 heterocycles. The highest BCUT2D eigenvalue weighted by atomic mass is 15.2. The fourth-order valence-corrected chi connectivity index (χ4v) is 2.28. The standard InChI is InChI=1S/C12H19N5/c1-2-16-10-15-9-12(16)11(8-13)17-6-3-4-14-5-7-17/h9-11,14H,2-7H2,1H3. The van der Waals surface area contributed by atoms with E-state index in [9.17, 15) is 5.26 Å². The number of rotatable bonds is 3. The van der Waals surface area contributed by atoms with Crippen LogP contribution >= 0.6 is 0 Å². The van der Waals surface area contributed by atoms with Crippen molar-refractivity contribution < 1.29 is 0 Å². The molecule has 1 saturated heterocycles. The number of hydrogen-bond acceptors (Lipinski definition) is 4. The number of imidazole rings is 1. The Balaban J connectivity index is 2.18. The Morgan fingerprint density at radius 2 is 2.41 bits per heavy atom. The molecule has 0 aromatic carbocycles. The minimum Gasteiger partial charge on any atom is -0.333 e. The van der Waals surface area contributed by atoms with Crippen LogP contribution in [0.4, 0.5) is 0 Å². The van der Waals surface area contributed by atoms with Crippen LogP contribution in [0.5, 0.6) is 0 Å².